The average molecular weight is 292 g/mol. The maximum Gasteiger partial charge on any atom is 0.269 e. The van der Waals surface area contributed by atoms with Crippen molar-refractivity contribution >= 4 is 23.1 Å². The second-order valence-electron chi connectivity index (χ2n) is 4.93. The second kappa shape index (κ2) is 6.76. The fourth-order valence-corrected chi connectivity index (χ4v) is 2.64. The number of amides is 1. The number of likely N-dealkylation sites (tertiary alicyclic amines) is 1. The van der Waals surface area contributed by atoms with Gasteiger partial charge >= 0.3 is 0 Å². The molecule has 20 heavy (non-hydrogen) atoms. The molecule has 0 saturated carbocycles. The number of pyridine rings is 1. The molecule has 2 rings (SSSR count). The Hall–Kier alpha value is -1.53. The number of aromatic nitrogens is 1. The third kappa shape index (κ3) is 3.52. The van der Waals surface area contributed by atoms with Gasteiger partial charge in [-0.3, -0.25) is 14.7 Å². The van der Waals surface area contributed by atoms with Crippen LogP contribution < -0.4 is 11.1 Å². The van der Waals surface area contributed by atoms with Crippen LogP contribution in [0.15, 0.2) is 18.3 Å². The summed E-state index contributed by atoms with van der Waals surface area (Å²) in [6, 6.07) is 3.81. The van der Waals surface area contributed by atoms with E-state index in [0.717, 1.165) is 19.5 Å². The number of carbonyl (C=O) groups is 1. The summed E-state index contributed by atoms with van der Waals surface area (Å²) in [5, 5.41) is 2.95. The Bertz CT molecular complexity index is 488. The highest BCUT2D eigenvalue weighted by Gasteiger charge is 2.23. The summed E-state index contributed by atoms with van der Waals surface area (Å²) in [5.74, 6) is -0.151. The Kier molecular flexibility index (Phi) is 5.03. The molecule has 0 aliphatic carbocycles. The smallest absolute Gasteiger partial charge is 0.269 e. The van der Waals surface area contributed by atoms with E-state index >= 15 is 0 Å². The summed E-state index contributed by atoms with van der Waals surface area (Å²) in [6.45, 7) is 4.97. The van der Waals surface area contributed by atoms with Crippen molar-refractivity contribution < 1.29 is 4.79 Å². The van der Waals surface area contributed by atoms with Gasteiger partial charge in [0.2, 0.25) is 0 Å². The Labute approximate surface area is 124 Å². The number of nitrogens with zero attached hydrogens (tertiary/aromatic N) is 2. The first-order valence-electron chi connectivity index (χ1n) is 6.90. The molecule has 1 aromatic rings. The van der Waals surface area contributed by atoms with Crippen molar-refractivity contribution in [3.8, 4) is 0 Å². The Morgan fingerprint density at radius 2 is 2.40 bits per heavy atom. The van der Waals surface area contributed by atoms with Crippen molar-refractivity contribution in [3.05, 3.63) is 29.6 Å². The normalized spacial score (nSPS) is 18.9. The van der Waals surface area contributed by atoms with Gasteiger partial charge in [0.05, 0.1) is 0 Å². The van der Waals surface area contributed by atoms with Gasteiger partial charge in [-0.2, -0.15) is 0 Å². The molecule has 108 valence electrons. The van der Waals surface area contributed by atoms with Crippen LogP contribution in [0, 0.1) is 0 Å². The van der Waals surface area contributed by atoms with E-state index in [2.05, 4.69) is 22.1 Å². The molecule has 1 unspecified atom stereocenters. The Morgan fingerprint density at radius 1 is 1.60 bits per heavy atom. The molecule has 1 aliphatic heterocycles. The minimum atomic E-state index is -0.151. The van der Waals surface area contributed by atoms with Gasteiger partial charge in [-0.15, -0.1) is 0 Å². The van der Waals surface area contributed by atoms with E-state index in [-0.39, 0.29) is 10.9 Å². The highest BCUT2D eigenvalue weighted by molar-refractivity contribution is 7.80. The van der Waals surface area contributed by atoms with Gasteiger partial charge in [0, 0.05) is 24.3 Å². The minimum Gasteiger partial charge on any atom is -0.389 e. The molecule has 0 spiro atoms. The molecule has 0 radical (unpaired) electrons. The maximum atomic E-state index is 12.0. The van der Waals surface area contributed by atoms with Crippen LogP contribution in [0.2, 0.25) is 0 Å². The summed E-state index contributed by atoms with van der Waals surface area (Å²) < 4.78 is 0. The molecule has 1 saturated heterocycles. The summed E-state index contributed by atoms with van der Waals surface area (Å²) in [7, 11) is 0. The van der Waals surface area contributed by atoms with Gasteiger partial charge in [-0.05, 0) is 38.1 Å². The van der Waals surface area contributed by atoms with E-state index in [4.69, 9.17) is 18.0 Å². The number of nitrogens with one attached hydrogen (secondary N) is 1. The van der Waals surface area contributed by atoms with Crippen LogP contribution >= 0.6 is 12.2 Å². The zero-order chi connectivity index (χ0) is 14.5. The number of carbonyl (C=O) groups excluding carboxylic acids is 1. The molecule has 2 heterocycles. The predicted molar refractivity (Wildman–Crippen MR) is 82.7 cm³/mol. The lowest BCUT2D eigenvalue weighted by molar-refractivity contribution is 0.0936. The van der Waals surface area contributed by atoms with Crippen molar-refractivity contribution in [2.75, 3.05) is 19.6 Å². The topological polar surface area (TPSA) is 71.2 Å². The number of nitrogens with two attached hydrogens (primary N) is 1. The highest BCUT2D eigenvalue weighted by atomic mass is 32.1. The van der Waals surface area contributed by atoms with Crippen LogP contribution in [0.25, 0.3) is 0 Å². The highest BCUT2D eigenvalue weighted by Crippen LogP contribution is 2.15. The SMILES string of the molecule is CCN1CCCC1CNC(=O)c1ccc(C(N)=S)cn1. The van der Waals surface area contributed by atoms with Crippen LogP contribution in [-0.4, -0.2) is 46.5 Å². The number of hydrogen-bond acceptors (Lipinski definition) is 4. The van der Waals surface area contributed by atoms with Crippen molar-refractivity contribution in [3.63, 3.8) is 0 Å². The molecular weight excluding hydrogens is 272 g/mol. The third-order valence-electron chi connectivity index (χ3n) is 3.68. The van der Waals surface area contributed by atoms with E-state index < -0.39 is 0 Å². The number of thiocarbonyl (C=S) groups is 1. The van der Waals surface area contributed by atoms with Crippen LogP contribution in [0.4, 0.5) is 0 Å². The molecule has 1 atom stereocenters. The maximum absolute atomic E-state index is 12.0. The van der Waals surface area contributed by atoms with E-state index in [0.29, 0.717) is 23.8 Å². The molecular formula is C14H20N4OS. The van der Waals surface area contributed by atoms with Crippen molar-refractivity contribution in [1.82, 2.24) is 15.2 Å². The van der Waals surface area contributed by atoms with Crippen LogP contribution in [0.3, 0.4) is 0 Å². The number of likely N-dealkylation sites (N-methyl/N-ethyl adjacent to an activating group) is 1. The largest absolute Gasteiger partial charge is 0.389 e. The van der Waals surface area contributed by atoms with Crippen LogP contribution in [0.1, 0.15) is 35.8 Å². The molecule has 3 N–H and O–H groups in total. The molecule has 1 fully saturated rings. The molecule has 5 nitrogen and oxygen atoms in total. The summed E-state index contributed by atoms with van der Waals surface area (Å²) >= 11 is 4.85. The Balaban J connectivity index is 1.90. The second-order valence-corrected chi connectivity index (χ2v) is 5.37. The standard InChI is InChI=1S/C14H20N4OS/c1-2-18-7-3-4-11(18)9-17-14(19)12-6-5-10(8-16-12)13(15)20/h5-6,8,11H,2-4,7,9H2,1H3,(H2,15,20)(H,17,19). The van der Waals surface area contributed by atoms with Crippen LogP contribution in [-0.2, 0) is 0 Å². The zero-order valence-corrected chi connectivity index (χ0v) is 12.4. The van der Waals surface area contributed by atoms with Gasteiger partial charge in [0.1, 0.15) is 10.7 Å². The first kappa shape index (κ1) is 14.9. The van der Waals surface area contributed by atoms with Crippen molar-refractivity contribution in [2.24, 2.45) is 5.73 Å². The molecule has 1 amide bonds. The van der Waals surface area contributed by atoms with Crippen LogP contribution in [0.5, 0.6) is 0 Å². The fraction of sp³-hybridized carbons (Fsp3) is 0.500. The van der Waals surface area contributed by atoms with Crippen molar-refractivity contribution in [2.45, 2.75) is 25.8 Å². The van der Waals surface area contributed by atoms with E-state index in [1.54, 1.807) is 12.1 Å². The van der Waals surface area contributed by atoms with E-state index in [1.165, 1.54) is 12.6 Å². The third-order valence-corrected chi connectivity index (χ3v) is 3.92. The van der Waals surface area contributed by atoms with Gasteiger partial charge in [-0.1, -0.05) is 19.1 Å². The predicted octanol–water partition coefficient (Wildman–Crippen LogP) is 0.930. The fourth-order valence-electron chi connectivity index (χ4n) is 2.52. The average Bonchev–Trinajstić information content (AvgIpc) is 2.92. The number of hydrogen-bond donors (Lipinski definition) is 2. The van der Waals surface area contributed by atoms with Gasteiger partial charge in [0.25, 0.3) is 5.91 Å². The molecule has 1 aromatic heterocycles. The Morgan fingerprint density at radius 3 is 3.00 bits per heavy atom. The molecule has 6 heteroatoms. The summed E-state index contributed by atoms with van der Waals surface area (Å²) in [6.07, 6.45) is 3.88. The van der Waals surface area contributed by atoms with Gasteiger partial charge < -0.3 is 11.1 Å². The minimum absolute atomic E-state index is 0.151. The molecule has 0 bridgehead atoms. The van der Waals surface area contributed by atoms with E-state index in [9.17, 15) is 4.79 Å². The van der Waals surface area contributed by atoms with E-state index in [1.807, 2.05) is 0 Å². The monoisotopic (exact) mass is 292 g/mol. The van der Waals surface area contributed by atoms with Gasteiger partial charge in [-0.25, -0.2) is 0 Å². The molecule has 0 aromatic carbocycles. The zero-order valence-electron chi connectivity index (χ0n) is 11.6. The first-order chi connectivity index (χ1) is 9.61. The van der Waals surface area contributed by atoms with Crippen molar-refractivity contribution in [1.29, 1.82) is 0 Å². The summed E-state index contributed by atoms with van der Waals surface area (Å²) in [4.78, 5) is 18.8. The number of rotatable bonds is 5. The lowest BCUT2D eigenvalue weighted by atomic mass is 10.2. The lowest BCUT2D eigenvalue weighted by Crippen LogP contribution is -2.40. The first-order valence-corrected chi connectivity index (χ1v) is 7.30. The quantitative estimate of drug-likeness (QED) is 0.790. The summed E-state index contributed by atoms with van der Waals surface area (Å²) in [5.41, 5.74) is 6.56. The molecule has 1 aliphatic rings. The van der Waals surface area contributed by atoms with Gasteiger partial charge in [0.15, 0.2) is 0 Å². The lowest BCUT2D eigenvalue weighted by Gasteiger charge is -2.22.